The van der Waals surface area contributed by atoms with Crippen LogP contribution in [0.15, 0.2) is 16.6 Å². The Morgan fingerprint density at radius 2 is 2.00 bits per heavy atom. The minimum atomic E-state index is -0.350. The third-order valence-electron chi connectivity index (χ3n) is 5.26. The molecule has 0 atom stereocenters. The summed E-state index contributed by atoms with van der Waals surface area (Å²) in [7, 11) is 3.65. The van der Waals surface area contributed by atoms with Gasteiger partial charge in [0.2, 0.25) is 5.91 Å². The van der Waals surface area contributed by atoms with E-state index in [1.54, 1.807) is 16.2 Å². The van der Waals surface area contributed by atoms with Gasteiger partial charge in [-0.3, -0.25) is 9.79 Å². The Morgan fingerprint density at radius 1 is 1.32 bits per heavy atom. The van der Waals surface area contributed by atoms with Crippen molar-refractivity contribution in [3.05, 3.63) is 11.6 Å². The van der Waals surface area contributed by atoms with Gasteiger partial charge in [-0.1, -0.05) is 12.8 Å². The Labute approximate surface area is 153 Å². The van der Waals surface area contributed by atoms with Gasteiger partial charge in [0.15, 0.2) is 11.1 Å². The molecule has 0 bridgehead atoms. The molecule has 2 heterocycles. The zero-order chi connectivity index (χ0) is 17.9. The summed E-state index contributed by atoms with van der Waals surface area (Å²) < 4.78 is 0. The number of carbonyl (C=O) groups is 1. The number of nitrogens with zero attached hydrogens (tertiary/aromatic N) is 5. The van der Waals surface area contributed by atoms with E-state index in [1.165, 1.54) is 0 Å². The third kappa shape index (κ3) is 3.89. The summed E-state index contributed by atoms with van der Waals surface area (Å²) in [6, 6.07) is 0. The first kappa shape index (κ1) is 18.0. The lowest BCUT2D eigenvalue weighted by Gasteiger charge is -2.35. The van der Waals surface area contributed by atoms with Crippen molar-refractivity contribution in [3.8, 4) is 0 Å². The Kier molecular flexibility index (Phi) is 5.46. The average molecular weight is 365 g/mol. The van der Waals surface area contributed by atoms with Crippen molar-refractivity contribution in [1.29, 1.82) is 0 Å². The molecule has 25 heavy (non-hydrogen) atoms. The van der Waals surface area contributed by atoms with Crippen LogP contribution in [0.3, 0.4) is 0 Å². The number of aliphatic imine (C=N–C) groups is 1. The lowest BCUT2D eigenvalue weighted by molar-refractivity contribution is -0.138. The number of carbonyl (C=O) groups excluding carboxylic acids is 1. The van der Waals surface area contributed by atoms with Crippen molar-refractivity contribution in [3.63, 3.8) is 0 Å². The van der Waals surface area contributed by atoms with Gasteiger partial charge < -0.3 is 20.4 Å². The number of hydrogen-bond donors (Lipinski definition) is 1. The smallest absolute Gasteiger partial charge is 0.230 e. The summed E-state index contributed by atoms with van der Waals surface area (Å²) in [5, 5.41) is 3.07. The molecule has 7 nitrogen and oxygen atoms in total. The van der Waals surface area contributed by atoms with Crippen LogP contribution in [0.5, 0.6) is 0 Å². The summed E-state index contributed by atoms with van der Waals surface area (Å²) in [6.45, 7) is 3.96. The lowest BCUT2D eigenvalue weighted by Crippen LogP contribution is -2.51. The molecule has 2 aliphatic rings. The molecule has 3 rings (SSSR count). The Morgan fingerprint density at radius 3 is 2.56 bits per heavy atom. The van der Waals surface area contributed by atoms with Gasteiger partial charge in [0, 0.05) is 51.9 Å². The van der Waals surface area contributed by atoms with E-state index >= 15 is 0 Å². The van der Waals surface area contributed by atoms with Crippen LogP contribution in [0, 0.1) is 5.41 Å². The molecule has 0 radical (unpaired) electrons. The second kappa shape index (κ2) is 7.59. The van der Waals surface area contributed by atoms with Crippen LogP contribution < -0.4 is 10.6 Å². The first-order valence-corrected chi connectivity index (χ1v) is 9.81. The second-order valence-electron chi connectivity index (χ2n) is 7.15. The highest BCUT2D eigenvalue weighted by molar-refractivity contribution is 7.13. The van der Waals surface area contributed by atoms with Crippen LogP contribution in [0.1, 0.15) is 25.7 Å². The van der Waals surface area contributed by atoms with Crippen LogP contribution in [0.25, 0.3) is 0 Å². The molecule has 0 unspecified atom stereocenters. The van der Waals surface area contributed by atoms with Gasteiger partial charge in [-0.2, -0.15) is 0 Å². The molecule has 1 aromatic rings. The van der Waals surface area contributed by atoms with Crippen molar-refractivity contribution in [2.24, 2.45) is 16.1 Å². The second-order valence-corrected chi connectivity index (χ2v) is 8.02. The molecule has 1 aromatic heterocycles. The average Bonchev–Trinajstić information content (AvgIpc) is 3.31. The molecule has 1 saturated heterocycles. The topological polar surface area (TPSA) is 78.1 Å². The van der Waals surface area contributed by atoms with Crippen molar-refractivity contribution in [2.45, 2.75) is 25.7 Å². The van der Waals surface area contributed by atoms with E-state index in [4.69, 9.17) is 5.73 Å². The molecular formula is C17H28N6OS. The number of piperazine rings is 1. The number of rotatable bonds is 4. The van der Waals surface area contributed by atoms with Gasteiger partial charge in [0.05, 0.1) is 12.0 Å². The highest BCUT2D eigenvalue weighted by Gasteiger charge is 2.42. The SMILES string of the molecule is CN(C)C(=O)C1(CN=C(N)N2CCN(c3nccs3)CC2)CCCC1. The number of thiazole rings is 1. The molecular weight excluding hydrogens is 336 g/mol. The molecule has 138 valence electrons. The molecule has 0 aromatic carbocycles. The predicted octanol–water partition coefficient (Wildman–Crippen LogP) is 1.23. The summed E-state index contributed by atoms with van der Waals surface area (Å²) in [5.74, 6) is 0.756. The summed E-state index contributed by atoms with van der Waals surface area (Å²) >= 11 is 1.66. The van der Waals surface area contributed by atoms with Gasteiger partial charge in [-0.15, -0.1) is 11.3 Å². The fraction of sp³-hybridized carbons (Fsp3) is 0.706. The highest BCUT2D eigenvalue weighted by atomic mass is 32.1. The van der Waals surface area contributed by atoms with E-state index in [-0.39, 0.29) is 11.3 Å². The maximum Gasteiger partial charge on any atom is 0.230 e. The molecule has 1 aliphatic carbocycles. The quantitative estimate of drug-likeness (QED) is 0.642. The standard InChI is InChI=1S/C17H28N6OS/c1-21(2)14(24)17(5-3-4-6-17)13-20-15(18)22-8-10-23(11-9-22)16-19-7-12-25-16/h7,12H,3-6,8-11,13H2,1-2H3,(H2,18,20). The third-order valence-corrected chi connectivity index (χ3v) is 6.09. The van der Waals surface area contributed by atoms with E-state index in [9.17, 15) is 4.79 Å². The molecule has 2 N–H and O–H groups in total. The Hall–Kier alpha value is -1.83. The van der Waals surface area contributed by atoms with Crippen LogP contribution in [-0.2, 0) is 4.79 Å². The van der Waals surface area contributed by atoms with Crippen LogP contribution in [0.2, 0.25) is 0 Å². The van der Waals surface area contributed by atoms with Gasteiger partial charge in [0.25, 0.3) is 0 Å². The number of nitrogens with two attached hydrogens (primary N) is 1. The largest absolute Gasteiger partial charge is 0.370 e. The number of hydrogen-bond acceptors (Lipinski definition) is 5. The zero-order valence-electron chi connectivity index (χ0n) is 15.1. The number of guanidine groups is 1. The van der Waals surface area contributed by atoms with Crippen LogP contribution in [-0.4, -0.2) is 73.5 Å². The molecule has 8 heteroatoms. The van der Waals surface area contributed by atoms with Gasteiger partial charge in [0.1, 0.15) is 0 Å². The fourth-order valence-corrected chi connectivity index (χ4v) is 4.49. The maximum atomic E-state index is 12.6. The molecule has 2 fully saturated rings. The van der Waals surface area contributed by atoms with E-state index in [1.807, 2.05) is 25.7 Å². The number of aromatic nitrogens is 1. The molecule has 1 amide bonds. The van der Waals surface area contributed by atoms with Gasteiger partial charge in [-0.05, 0) is 12.8 Å². The number of anilines is 1. The minimum absolute atomic E-state index is 0.190. The lowest BCUT2D eigenvalue weighted by atomic mass is 9.85. The Bertz CT molecular complexity index is 601. The highest BCUT2D eigenvalue weighted by Crippen LogP contribution is 2.39. The summed E-state index contributed by atoms with van der Waals surface area (Å²) in [4.78, 5) is 27.7. The summed E-state index contributed by atoms with van der Waals surface area (Å²) in [6.07, 6.45) is 5.87. The first-order chi connectivity index (χ1) is 12.0. The molecule has 1 aliphatic heterocycles. The zero-order valence-corrected chi connectivity index (χ0v) is 16.0. The van der Waals surface area contributed by atoms with Gasteiger partial charge in [-0.25, -0.2) is 4.98 Å². The predicted molar refractivity (Wildman–Crippen MR) is 102 cm³/mol. The fourth-order valence-electron chi connectivity index (χ4n) is 3.80. The van der Waals surface area contributed by atoms with E-state index in [0.29, 0.717) is 12.5 Å². The van der Waals surface area contributed by atoms with Gasteiger partial charge >= 0.3 is 0 Å². The van der Waals surface area contributed by atoms with Crippen molar-refractivity contribution >= 4 is 28.3 Å². The van der Waals surface area contributed by atoms with Crippen molar-refractivity contribution in [2.75, 3.05) is 51.7 Å². The molecule has 0 spiro atoms. The van der Waals surface area contributed by atoms with E-state index in [0.717, 1.165) is 57.0 Å². The van der Waals surface area contributed by atoms with Crippen molar-refractivity contribution in [1.82, 2.24) is 14.8 Å². The van der Waals surface area contributed by atoms with E-state index in [2.05, 4.69) is 19.8 Å². The number of amides is 1. The van der Waals surface area contributed by atoms with E-state index < -0.39 is 0 Å². The normalized spacial score (nSPS) is 20.8. The van der Waals surface area contributed by atoms with Crippen LogP contribution >= 0.6 is 11.3 Å². The summed E-state index contributed by atoms with van der Waals surface area (Å²) in [5.41, 5.74) is 5.89. The Balaban J connectivity index is 1.59. The van der Waals surface area contributed by atoms with Crippen molar-refractivity contribution < 1.29 is 4.79 Å². The maximum absolute atomic E-state index is 12.6. The minimum Gasteiger partial charge on any atom is -0.370 e. The van der Waals surface area contributed by atoms with Crippen LogP contribution in [0.4, 0.5) is 5.13 Å². The monoisotopic (exact) mass is 364 g/mol. The first-order valence-electron chi connectivity index (χ1n) is 8.93. The molecule has 1 saturated carbocycles.